The fourth-order valence-electron chi connectivity index (χ4n) is 8.20. The average molecular weight is 476 g/mol. The Hall–Kier alpha value is -2.44. The lowest BCUT2D eigenvalue weighted by Crippen LogP contribution is -2.76. The molecule has 2 aliphatic heterocycles. The van der Waals surface area contributed by atoms with Gasteiger partial charge in [-0.15, -0.1) is 0 Å². The van der Waals surface area contributed by atoms with Crippen molar-refractivity contribution in [2.24, 2.45) is 18.9 Å². The van der Waals surface area contributed by atoms with Crippen LogP contribution in [0.3, 0.4) is 0 Å². The lowest BCUT2D eigenvalue weighted by atomic mass is 9.47. The molecule has 3 aliphatic carbocycles. The van der Waals surface area contributed by atoms with Crippen molar-refractivity contribution in [3.8, 4) is 11.5 Å². The molecule has 2 N–H and O–H groups in total. The van der Waals surface area contributed by atoms with E-state index in [4.69, 9.17) is 4.74 Å². The summed E-state index contributed by atoms with van der Waals surface area (Å²) in [5, 5.41) is 23.4. The van der Waals surface area contributed by atoms with E-state index in [0.29, 0.717) is 18.6 Å². The molecule has 7 rings (SSSR count). The van der Waals surface area contributed by atoms with Gasteiger partial charge in [0.15, 0.2) is 29.7 Å². The molecular weight excluding hydrogens is 440 g/mol. The number of aliphatic hydroxyl groups is 1. The number of rotatable bonds is 5. The van der Waals surface area contributed by atoms with Crippen LogP contribution in [0, 0.1) is 18.8 Å². The second-order valence-corrected chi connectivity index (χ2v) is 11.9. The molecule has 2 saturated carbocycles. The van der Waals surface area contributed by atoms with E-state index >= 15 is 0 Å². The fourth-order valence-corrected chi connectivity index (χ4v) is 8.20. The van der Waals surface area contributed by atoms with Crippen molar-refractivity contribution in [1.29, 1.82) is 0 Å². The third-order valence-electron chi connectivity index (χ3n) is 9.93. The monoisotopic (exact) mass is 475 g/mol. The van der Waals surface area contributed by atoms with Crippen LogP contribution in [0.2, 0.25) is 0 Å². The number of aromatic nitrogens is 1. The van der Waals surface area contributed by atoms with Gasteiger partial charge in [-0.25, -0.2) is 4.57 Å². The summed E-state index contributed by atoms with van der Waals surface area (Å²) in [4.78, 5) is 16.0. The lowest BCUT2D eigenvalue weighted by molar-refractivity contribution is -0.671. The highest BCUT2D eigenvalue weighted by molar-refractivity contribution is 5.97. The van der Waals surface area contributed by atoms with Gasteiger partial charge < -0.3 is 14.9 Å². The van der Waals surface area contributed by atoms with Crippen LogP contribution >= 0.6 is 0 Å². The maximum atomic E-state index is 13.5. The zero-order valence-corrected chi connectivity index (χ0v) is 20.7. The topological polar surface area (TPSA) is 73.9 Å². The Morgan fingerprint density at radius 2 is 2.06 bits per heavy atom. The number of hydrogen-bond donors (Lipinski definition) is 2. The van der Waals surface area contributed by atoms with E-state index in [1.165, 1.54) is 18.4 Å². The van der Waals surface area contributed by atoms with Crippen LogP contribution in [0.5, 0.6) is 11.5 Å². The van der Waals surface area contributed by atoms with E-state index < -0.39 is 11.0 Å². The van der Waals surface area contributed by atoms with E-state index in [1.807, 2.05) is 43.1 Å². The highest BCUT2D eigenvalue weighted by Gasteiger charge is 2.72. The number of carbonyl (C=O) groups is 1. The molecule has 0 radical (unpaired) electrons. The highest BCUT2D eigenvalue weighted by Crippen LogP contribution is 2.66. The first kappa shape index (κ1) is 21.8. The number of ether oxygens (including phenoxy) is 1. The molecule has 3 heterocycles. The number of carbonyl (C=O) groups excluding carboxylic acids is 1. The largest absolute Gasteiger partial charge is 0.504 e. The van der Waals surface area contributed by atoms with Crippen molar-refractivity contribution in [3.63, 3.8) is 0 Å². The number of piperidine rings is 1. The molecule has 6 nitrogen and oxygen atoms in total. The summed E-state index contributed by atoms with van der Waals surface area (Å²) in [5.74, 6) is 1.62. The fraction of sp³-hybridized carbons (Fsp3) is 0.586. The van der Waals surface area contributed by atoms with E-state index in [1.54, 1.807) is 6.07 Å². The second-order valence-electron chi connectivity index (χ2n) is 11.9. The maximum absolute atomic E-state index is 13.5. The number of phenols is 1. The van der Waals surface area contributed by atoms with Gasteiger partial charge in [-0.05, 0) is 69.5 Å². The Kier molecular flexibility index (Phi) is 4.55. The Labute approximate surface area is 206 Å². The van der Waals surface area contributed by atoms with Gasteiger partial charge in [0.1, 0.15) is 13.2 Å². The van der Waals surface area contributed by atoms with Gasteiger partial charge in [0, 0.05) is 47.7 Å². The number of nitrogens with zero attached hydrogens (tertiary/aromatic N) is 2. The zero-order chi connectivity index (χ0) is 24.1. The van der Waals surface area contributed by atoms with Gasteiger partial charge in [-0.1, -0.05) is 6.07 Å². The van der Waals surface area contributed by atoms with Gasteiger partial charge in [0.2, 0.25) is 0 Å². The molecule has 5 aliphatic rings. The molecule has 1 spiro atoms. The quantitative estimate of drug-likeness (QED) is 0.514. The van der Waals surface area contributed by atoms with Crippen molar-refractivity contribution >= 4 is 5.78 Å². The minimum absolute atomic E-state index is 0.00418. The van der Waals surface area contributed by atoms with Crippen LogP contribution in [0.25, 0.3) is 0 Å². The number of aryl methyl sites for hydroxylation is 2. The van der Waals surface area contributed by atoms with Gasteiger partial charge in [-0.2, -0.15) is 0 Å². The van der Waals surface area contributed by atoms with Gasteiger partial charge in [0.25, 0.3) is 0 Å². The minimum Gasteiger partial charge on any atom is -0.504 e. The predicted molar refractivity (Wildman–Crippen MR) is 130 cm³/mol. The summed E-state index contributed by atoms with van der Waals surface area (Å²) in [6, 6.07) is 5.77. The molecule has 1 saturated heterocycles. The molecule has 1 aromatic heterocycles. The molecular formula is C29H35N2O4+. The molecule has 0 amide bonds. The zero-order valence-electron chi connectivity index (χ0n) is 20.7. The van der Waals surface area contributed by atoms with Crippen molar-refractivity contribution in [2.75, 3.05) is 13.1 Å². The van der Waals surface area contributed by atoms with E-state index in [9.17, 15) is 15.0 Å². The summed E-state index contributed by atoms with van der Waals surface area (Å²) in [5.41, 5.74) is 2.53. The molecule has 0 unspecified atom stereocenters. The van der Waals surface area contributed by atoms with Gasteiger partial charge in [0.05, 0.1) is 11.0 Å². The third-order valence-corrected chi connectivity index (χ3v) is 9.93. The summed E-state index contributed by atoms with van der Waals surface area (Å²) < 4.78 is 8.58. The second kappa shape index (κ2) is 7.30. The molecule has 35 heavy (non-hydrogen) atoms. The van der Waals surface area contributed by atoms with Crippen LogP contribution in [-0.2, 0) is 18.9 Å². The van der Waals surface area contributed by atoms with Crippen molar-refractivity contribution < 1.29 is 24.3 Å². The number of aromatic hydroxyl groups is 1. The number of phenolic OH excluding ortho intramolecular Hbond substituents is 1. The minimum atomic E-state index is -0.896. The molecule has 184 valence electrons. The van der Waals surface area contributed by atoms with E-state index in [-0.39, 0.29) is 29.6 Å². The summed E-state index contributed by atoms with van der Waals surface area (Å²) in [6.45, 7) is 3.99. The molecule has 2 aromatic rings. The van der Waals surface area contributed by atoms with Gasteiger partial charge in [-0.3, -0.25) is 9.69 Å². The Bertz CT molecular complexity index is 1240. The first-order chi connectivity index (χ1) is 16.8. The van der Waals surface area contributed by atoms with Crippen LogP contribution in [-0.4, -0.2) is 51.7 Å². The maximum Gasteiger partial charge on any atom is 0.172 e. The molecule has 3 fully saturated rings. The third kappa shape index (κ3) is 2.90. The van der Waals surface area contributed by atoms with Crippen molar-refractivity contribution in [3.05, 3.63) is 52.8 Å². The van der Waals surface area contributed by atoms with Crippen LogP contribution < -0.4 is 9.30 Å². The lowest BCUT2D eigenvalue weighted by Gasteiger charge is -2.64. The average Bonchev–Trinajstić information content (AvgIpc) is 3.56. The first-order valence-corrected chi connectivity index (χ1v) is 13.3. The summed E-state index contributed by atoms with van der Waals surface area (Å²) in [6.07, 6.45) is 9.66. The van der Waals surface area contributed by atoms with Crippen LogP contribution in [0.4, 0.5) is 0 Å². The Morgan fingerprint density at radius 1 is 1.23 bits per heavy atom. The van der Waals surface area contributed by atoms with E-state index in [0.717, 1.165) is 55.0 Å². The summed E-state index contributed by atoms with van der Waals surface area (Å²) >= 11 is 0. The van der Waals surface area contributed by atoms with Crippen LogP contribution in [0.15, 0.2) is 30.6 Å². The number of benzene rings is 1. The predicted octanol–water partition coefficient (Wildman–Crippen LogP) is 2.98. The Balaban J connectivity index is 1.29. The number of pyridine rings is 1. The standard InChI is InChI=1S/C29H34N2O4/c1-17-15-30(2)11-8-21(17)23(33)13-20-7-9-29(34)24-14-19-5-6-22(32)26-25(19)28(29,27(20)35-26)10-12-31(24)16-18-3-4-18/h5-6,8,11,15,18,20,24,27,34H,3-4,7,9-10,12-14,16H2,1-2H3/p+1/t20-,24+,27-,28-,29+/m0/s1. The summed E-state index contributed by atoms with van der Waals surface area (Å²) in [7, 11) is 1.96. The first-order valence-electron chi connectivity index (χ1n) is 13.3. The van der Waals surface area contributed by atoms with Gasteiger partial charge >= 0.3 is 0 Å². The molecule has 6 heteroatoms. The number of likely N-dealkylation sites (tertiary alicyclic amines) is 1. The molecule has 1 aromatic carbocycles. The number of ketones is 1. The molecule has 2 bridgehead atoms. The normalized spacial score (nSPS) is 34.9. The number of hydrogen-bond acceptors (Lipinski definition) is 5. The van der Waals surface area contributed by atoms with Crippen LogP contribution in [0.1, 0.15) is 65.6 Å². The smallest absolute Gasteiger partial charge is 0.172 e. The Morgan fingerprint density at radius 3 is 2.83 bits per heavy atom. The molecule has 5 atom stereocenters. The van der Waals surface area contributed by atoms with E-state index in [2.05, 4.69) is 4.90 Å². The van der Waals surface area contributed by atoms with Crippen molar-refractivity contribution in [1.82, 2.24) is 4.90 Å². The number of Topliss-reactive ketones (excluding diaryl/α,β-unsaturated/α-hetero) is 1. The van der Waals surface area contributed by atoms with Crippen molar-refractivity contribution in [2.45, 2.75) is 75.0 Å². The SMILES string of the molecule is Cc1c[n+](C)ccc1C(=O)C[C@@H]1CC[C@@]2(O)[C@H]3Cc4ccc(O)c5c4[C@@]2(CCN3CC2CC2)[C@H]1O5. The highest BCUT2D eigenvalue weighted by atomic mass is 16.5.